The van der Waals surface area contributed by atoms with E-state index < -0.39 is 0 Å². The van der Waals surface area contributed by atoms with Gasteiger partial charge in [0.05, 0.1) is 11.3 Å². The summed E-state index contributed by atoms with van der Waals surface area (Å²) in [6, 6.07) is 15.6. The Morgan fingerprint density at radius 1 is 1.08 bits per heavy atom. The summed E-state index contributed by atoms with van der Waals surface area (Å²) in [7, 11) is 0. The van der Waals surface area contributed by atoms with E-state index in [2.05, 4.69) is 41.5 Å². The molecule has 0 aliphatic heterocycles. The van der Waals surface area contributed by atoms with Gasteiger partial charge in [0.15, 0.2) is 11.0 Å². The molecule has 7 heteroatoms. The zero-order valence-electron chi connectivity index (χ0n) is 21.4. The fourth-order valence-corrected chi connectivity index (χ4v) is 7.45. The van der Waals surface area contributed by atoms with E-state index in [1.165, 1.54) is 49.4 Å². The van der Waals surface area contributed by atoms with Crippen LogP contribution >= 0.6 is 11.8 Å². The number of nitrogens with zero attached hydrogens (tertiary/aromatic N) is 3. The van der Waals surface area contributed by atoms with E-state index in [4.69, 9.17) is 0 Å². The van der Waals surface area contributed by atoms with Gasteiger partial charge in [-0.1, -0.05) is 49.9 Å². The van der Waals surface area contributed by atoms with Crippen molar-refractivity contribution < 1.29 is 9.90 Å². The highest BCUT2D eigenvalue weighted by atomic mass is 32.2. The van der Waals surface area contributed by atoms with Crippen LogP contribution in [0.15, 0.2) is 53.7 Å². The van der Waals surface area contributed by atoms with Gasteiger partial charge in [0, 0.05) is 12.2 Å². The van der Waals surface area contributed by atoms with Crippen LogP contribution in [0.2, 0.25) is 0 Å². The first kappa shape index (κ1) is 24.9. The minimum Gasteiger partial charge on any atom is -0.507 e. The number of rotatable bonds is 7. The number of aromatic nitrogens is 3. The van der Waals surface area contributed by atoms with Gasteiger partial charge in [-0.15, -0.1) is 10.2 Å². The van der Waals surface area contributed by atoms with Crippen molar-refractivity contribution >= 4 is 23.4 Å². The normalized spacial score (nSPS) is 25.5. The maximum absolute atomic E-state index is 12.7. The first-order chi connectivity index (χ1) is 17.3. The summed E-state index contributed by atoms with van der Waals surface area (Å²) < 4.78 is 1.92. The lowest BCUT2D eigenvalue weighted by atomic mass is 9.57. The molecule has 1 amide bonds. The van der Waals surface area contributed by atoms with Crippen molar-refractivity contribution in [1.29, 1.82) is 0 Å². The highest BCUT2D eigenvalue weighted by Crippen LogP contribution is 2.51. The number of fused-ring (bicyclic) bond motifs is 2. The minimum absolute atomic E-state index is 0.0742. The van der Waals surface area contributed by atoms with Crippen LogP contribution in [-0.4, -0.2) is 31.5 Å². The van der Waals surface area contributed by atoms with Crippen molar-refractivity contribution in [1.82, 2.24) is 14.8 Å². The standard InChI is InChI=1S/C29H36N4O2S/c1-4-33-27(24-7-5-6-8-25(24)34)31-32-28(33)36-18-26(35)30-23-11-9-22(10-12-23)29(3)16-20-13-19(2)14-21(15-20)17-29/h5-12,19-21,34H,4,13-18H2,1-3H3,(H,30,35). The van der Waals surface area contributed by atoms with Crippen LogP contribution in [0, 0.1) is 17.8 Å². The van der Waals surface area contributed by atoms with Crippen molar-refractivity contribution in [3.8, 4) is 17.1 Å². The smallest absolute Gasteiger partial charge is 0.234 e. The Morgan fingerprint density at radius 3 is 2.44 bits per heavy atom. The van der Waals surface area contributed by atoms with Crippen LogP contribution in [0.4, 0.5) is 5.69 Å². The van der Waals surface area contributed by atoms with Crippen LogP contribution in [0.1, 0.15) is 58.4 Å². The van der Waals surface area contributed by atoms with E-state index in [1.807, 2.05) is 35.8 Å². The summed E-state index contributed by atoms with van der Waals surface area (Å²) >= 11 is 1.35. The number of benzene rings is 2. The molecule has 0 spiro atoms. The van der Waals surface area contributed by atoms with Gasteiger partial charge in [-0.25, -0.2) is 0 Å². The third-order valence-electron chi connectivity index (χ3n) is 7.99. The van der Waals surface area contributed by atoms with Crippen LogP contribution in [0.5, 0.6) is 5.75 Å². The SMILES string of the molecule is CCn1c(SCC(=O)Nc2ccc(C3(C)CC4CC(C)CC(C4)C3)cc2)nnc1-c1ccccc1O. The first-order valence-corrected chi connectivity index (χ1v) is 14.1. The molecule has 6 nitrogen and oxygen atoms in total. The molecule has 2 fully saturated rings. The van der Waals surface area contributed by atoms with E-state index in [0.717, 1.165) is 23.4 Å². The number of carbonyl (C=O) groups is 1. The number of nitrogens with one attached hydrogen (secondary N) is 1. The van der Waals surface area contributed by atoms with Crippen molar-refractivity contribution in [3.63, 3.8) is 0 Å². The summed E-state index contributed by atoms with van der Waals surface area (Å²) in [4.78, 5) is 12.7. The highest BCUT2D eigenvalue weighted by molar-refractivity contribution is 7.99. The molecule has 2 saturated carbocycles. The third-order valence-corrected chi connectivity index (χ3v) is 8.96. The number of hydrogen-bond acceptors (Lipinski definition) is 5. The van der Waals surface area contributed by atoms with Crippen molar-refractivity contribution in [2.75, 3.05) is 11.1 Å². The van der Waals surface area contributed by atoms with Crippen molar-refractivity contribution in [2.24, 2.45) is 17.8 Å². The molecule has 2 aliphatic carbocycles. The van der Waals surface area contributed by atoms with Crippen molar-refractivity contribution in [2.45, 2.75) is 70.0 Å². The average Bonchev–Trinajstić information content (AvgIpc) is 3.25. The lowest BCUT2D eigenvalue weighted by Gasteiger charge is -2.47. The molecule has 2 bridgehead atoms. The molecule has 3 aromatic rings. The van der Waals surface area contributed by atoms with Crippen LogP contribution in [-0.2, 0) is 16.8 Å². The number of phenols is 1. The molecular formula is C29H36N4O2S. The first-order valence-electron chi connectivity index (χ1n) is 13.1. The molecule has 2 N–H and O–H groups in total. The summed E-state index contributed by atoms with van der Waals surface area (Å²) in [6.45, 7) is 7.48. The predicted octanol–water partition coefficient (Wildman–Crippen LogP) is 6.51. The number of para-hydroxylation sites is 1. The highest BCUT2D eigenvalue weighted by Gasteiger charge is 2.41. The summed E-state index contributed by atoms with van der Waals surface area (Å²) in [6.07, 6.45) is 6.70. The second kappa shape index (κ2) is 10.3. The number of thioether (sulfide) groups is 1. The topological polar surface area (TPSA) is 80.0 Å². The van der Waals surface area contributed by atoms with Gasteiger partial charge in [0.1, 0.15) is 5.75 Å². The van der Waals surface area contributed by atoms with Gasteiger partial charge in [-0.05, 0) is 92.0 Å². The Labute approximate surface area is 217 Å². The van der Waals surface area contributed by atoms with Crippen LogP contribution in [0.3, 0.4) is 0 Å². The molecule has 1 aromatic heterocycles. The van der Waals surface area contributed by atoms with E-state index in [1.54, 1.807) is 12.1 Å². The monoisotopic (exact) mass is 504 g/mol. The van der Waals surface area contributed by atoms with Gasteiger partial charge in [0.2, 0.25) is 5.91 Å². The Bertz CT molecular complexity index is 1200. The maximum atomic E-state index is 12.7. The van der Waals surface area contributed by atoms with Crippen LogP contribution < -0.4 is 5.32 Å². The van der Waals surface area contributed by atoms with E-state index >= 15 is 0 Å². The summed E-state index contributed by atoms with van der Waals surface area (Å²) in [5.74, 6) is 3.50. The molecule has 1 heterocycles. The number of amides is 1. The lowest BCUT2D eigenvalue weighted by molar-refractivity contribution is -0.113. The Kier molecular flexibility index (Phi) is 7.11. The quantitative estimate of drug-likeness (QED) is 0.359. The Hall–Kier alpha value is -2.80. The van der Waals surface area contributed by atoms with Crippen LogP contribution in [0.25, 0.3) is 11.4 Å². The molecule has 0 radical (unpaired) electrons. The predicted molar refractivity (Wildman–Crippen MR) is 145 cm³/mol. The number of phenolic OH excluding ortho intramolecular Hbond substituents is 1. The summed E-state index contributed by atoms with van der Waals surface area (Å²) in [5, 5.41) is 22.4. The molecule has 36 heavy (non-hydrogen) atoms. The van der Waals surface area contributed by atoms with E-state index in [0.29, 0.717) is 23.1 Å². The van der Waals surface area contributed by atoms with Crippen molar-refractivity contribution in [3.05, 3.63) is 54.1 Å². The Balaban J connectivity index is 1.20. The molecule has 5 rings (SSSR count). The fraction of sp³-hybridized carbons (Fsp3) is 0.483. The van der Waals surface area contributed by atoms with E-state index in [9.17, 15) is 9.90 Å². The average molecular weight is 505 g/mol. The third kappa shape index (κ3) is 5.17. The molecule has 0 saturated heterocycles. The number of aromatic hydroxyl groups is 1. The second-order valence-corrected chi connectivity index (χ2v) is 11.9. The zero-order valence-corrected chi connectivity index (χ0v) is 22.2. The number of carbonyl (C=O) groups excluding carboxylic acids is 1. The largest absolute Gasteiger partial charge is 0.507 e. The molecule has 2 aromatic carbocycles. The summed E-state index contributed by atoms with van der Waals surface area (Å²) in [5.41, 5.74) is 3.09. The molecule has 2 aliphatic rings. The molecule has 2 atom stereocenters. The van der Waals surface area contributed by atoms with Gasteiger partial charge in [0.25, 0.3) is 0 Å². The molecular weight excluding hydrogens is 468 g/mol. The van der Waals surface area contributed by atoms with Gasteiger partial charge >= 0.3 is 0 Å². The number of hydrogen-bond donors (Lipinski definition) is 2. The maximum Gasteiger partial charge on any atom is 0.234 e. The lowest BCUT2D eigenvalue weighted by Crippen LogP contribution is -2.38. The fourth-order valence-electron chi connectivity index (χ4n) is 6.65. The van der Waals surface area contributed by atoms with Gasteiger partial charge < -0.3 is 15.0 Å². The minimum atomic E-state index is -0.0742. The molecule has 2 unspecified atom stereocenters. The van der Waals surface area contributed by atoms with Gasteiger partial charge in [-0.2, -0.15) is 0 Å². The second-order valence-electron chi connectivity index (χ2n) is 11.0. The Morgan fingerprint density at radius 2 is 1.78 bits per heavy atom. The molecule has 190 valence electrons. The van der Waals surface area contributed by atoms with E-state index in [-0.39, 0.29) is 22.8 Å². The number of anilines is 1. The van der Waals surface area contributed by atoms with Gasteiger partial charge in [-0.3, -0.25) is 4.79 Å². The zero-order chi connectivity index (χ0) is 25.3.